The molecule has 8 nitrogen and oxygen atoms in total. The van der Waals surface area contributed by atoms with Crippen LogP contribution < -0.4 is 10.7 Å². The van der Waals surface area contributed by atoms with Crippen LogP contribution in [-0.4, -0.2) is 34.2 Å². The van der Waals surface area contributed by atoms with Crippen LogP contribution in [0.15, 0.2) is 150 Å². The maximum atomic E-state index is 13.2. The van der Waals surface area contributed by atoms with Gasteiger partial charge in [0, 0.05) is 33.4 Å². The Morgan fingerprint density at radius 2 is 1.44 bits per heavy atom. The molecule has 52 heavy (non-hydrogen) atoms. The molecule has 256 valence electrons. The van der Waals surface area contributed by atoms with Gasteiger partial charge in [0.25, 0.3) is 5.91 Å². The van der Waals surface area contributed by atoms with Crippen LogP contribution in [0, 0.1) is 6.92 Å². The SMILES string of the molecule is CCOC(=O)c1ccc(-n2c(-c3ccccc3)cc(/C=N\NC(=O)c3ccc(-c4csc(Nc5ccc(C)cc5)n4)cc3)c2-c2ccccc2)cc1. The molecule has 2 heterocycles. The van der Waals surface area contributed by atoms with Gasteiger partial charge in [-0.1, -0.05) is 90.5 Å². The van der Waals surface area contributed by atoms with E-state index >= 15 is 0 Å². The van der Waals surface area contributed by atoms with Crippen molar-refractivity contribution in [3.63, 3.8) is 0 Å². The lowest BCUT2D eigenvalue weighted by atomic mass is 10.1. The fourth-order valence-corrected chi connectivity index (χ4v) is 6.55. The number of hydrogen-bond acceptors (Lipinski definition) is 7. The van der Waals surface area contributed by atoms with Crippen molar-refractivity contribution in [1.29, 1.82) is 0 Å². The molecule has 2 N–H and O–H groups in total. The van der Waals surface area contributed by atoms with Gasteiger partial charge in [0.15, 0.2) is 5.13 Å². The molecule has 0 aliphatic carbocycles. The van der Waals surface area contributed by atoms with E-state index in [-0.39, 0.29) is 11.9 Å². The number of carbonyl (C=O) groups excluding carboxylic acids is 2. The van der Waals surface area contributed by atoms with E-state index in [1.807, 2.05) is 102 Å². The number of hydrogen-bond donors (Lipinski definition) is 2. The average Bonchev–Trinajstić information content (AvgIpc) is 3.82. The van der Waals surface area contributed by atoms with Crippen LogP contribution in [0.25, 0.3) is 39.5 Å². The van der Waals surface area contributed by atoms with E-state index < -0.39 is 0 Å². The number of hydrazone groups is 1. The van der Waals surface area contributed by atoms with Gasteiger partial charge in [0.05, 0.1) is 35.5 Å². The number of carbonyl (C=O) groups is 2. The lowest BCUT2D eigenvalue weighted by Crippen LogP contribution is -2.17. The Bertz CT molecular complexity index is 2330. The maximum absolute atomic E-state index is 13.2. The molecule has 9 heteroatoms. The minimum absolute atomic E-state index is 0.305. The predicted molar refractivity (Wildman–Crippen MR) is 210 cm³/mol. The molecule has 2 aromatic heterocycles. The number of benzene rings is 5. The minimum atomic E-state index is -0.366. The summed E-state index contributed by atoms with van der Waals surface area (Å²) in [7, 11) is 0. The van der Waals surface area contributed by atoms with Gasteiger partial charge in [-0.15, -0.1) is 11.3 Å². The minimum Gasteiger partial charge on any atom is -0.462 e. The van der Waals surface area contributed by atoms with Crippen molar-refractivity contribution in [1.82, 2.24) is 15.0 Å². The number of ether oxygens (including phenoxy) is 1. The highest BCUT2D eigenvalue weighted by molar-refractivity contribution is 7.14. The van der Waals surface area contributed by atoms with Crippen molar-refractivity contribution in [3.05, 3.63) is 167 Å². The number of aromatic nitrogens is 2. The largest absolute Gasteiger partial charge is 0.462 e. The topological polar surface area (TPSA) is 97.6 Å². The molecule has 0 radical (unpaired) electrons. The lowest BCUT2D eigenvalue weighted by Gasteiger charge is -2.15. The number of nitrogens with one attached hydrogen (secondary N) is 2. The number of anilines is 2. The summed E-state index contributed by atoms with van der Waals surface area (Å²) < 4.78 is 7.35. The molecule has 5 aromatic carbocycles. The van der Waals surface area contributed by atoms with Crippen molar-refractivity contribution in [2.45, 2.75) is 13.8 Å². The van der Waals surface area contributed by atoms with Crippen LogP contribution in [0.2, 0.25) is 0 Å². The highest BCUT2D eigenvalue weighted by atomic mass is 32.1. The van der Waals surface area contributed by atoms with Crippen LogP contribution >= 0.6 is 11.3 Å². The first-order chi connectivity index (χ1) is 25.5. The van der Waals surface area contributed by atoms with E-state index in [9.17, 15) is 9.59 Å². The fraction of sp³-hybridized carbons (Fsp3) is 0.0698. The first kappa shape index (κ1) is 33.9. The summed E-state index contributed by atoms with van der Waals surface area (Å²) in [6, 6.07) is 45.0. The Morgan fingerprint density at radius 1 is 0.788 bits per heavy atom. The molecule has 0 atom stereocenters. The van der Waals surface area contributed by atoms with Crippen molar-refractivity contribution in [2.24, 2.45) is 5.10 Å². The van der Waals surface area contributed by atoms with Crippen LogP contribution in [0.4, 0.5) is 10.8 Å². The zero-order valence-corrected chi connectivity index (χ0v) is 29.4. The molecule has 0 saturated carbocycles. The number of aryl methyl sites for hydroxylation is 1. The summed E-state index contributed by atoms with van der Waals surface area (Å²) in [5, 5.41) is 10.5. The van der Waals surface area contributed by atoms with Crippen molar-refractivity contribution < 1.29 is 14.3 Å². The summed E-state index contributed by atoms with van der Waals surface area (Å²) >= 11 is 1.52. The molecule has 0 aliphatic rings. The van der Waals surface area contributed by atoms with Gasteiger partial charge in [-0.05, 0) is 79.6 Å². The average molecular weight is 702 g/mol. The summed E-state index contributed by atoms with van der Waals surface area (Å²) in [6.45, 7) is 4.15. The Labute approximate surface area is 306 Å². The van der Waals surface area contributed by atoms with E-state index in [0.717, 1.165) is 55.8 Å². The highest BCUT2D eigenvalue weighted by Crippen LogP contribution is 2.35. The predicted octanol–water partition coefficient (Wildman–Crippen LogP) is 9.93. The van der Waals surface area contributed by atoms with E-state index in [4.69, 9.17) is 9.72 Å². The van der Waals surface area contributed by atoms with Gasteiger partial charge < -0.3 is 14.6 Å². The number of amides is 1. The third kappa shape index (κ3) is 7.60. The maximum Gasteiger partial charge on any atom is 0.338 e. The Morgan fingerprint density at radius 3 is 2.12 bits per heavy atom. The quantitative estimate of drug-likeness (QED) is 0.0795. The van der Waals surface area contributed by atoms with Crippen LogP contribution in [0.3, 0.4) is 0 Å². The number of rotatable bonds is 11. The van der Waals surface area contributed by atoms with Crippen molar-refractivity contribution >= 4 is 40.2 Å². The monoisotopic (exact) mass is 701 g/mol. The third-order valence-electron chi connectivity index (χ3n) is 8.40. The smallest absolute Gasteiger partial charge is 0.338 e. The van der Waals surface area contributed by atoms with Crippen molar-refractivity contribution in [2.75, 3.05) is 11.9 Å². The summed E-state index contributed by atoms with van der Waals surface area (Å²) in [5.41, 5.74) is 13.0. The molecular formula is C43H35N5O3S. The second-order valence-electron chi connectivity index (χ2n) is 12.0. The second-order valence-corrected chi connectivity index (χ2v) is 12.8. The molecular weight excluding hydrogens is 667 g/mol. The first-order valence-electron chi connectivity index (χ1n) is 16.8. The van der Waals surface area contributed by atoms with E-state index in [1.54, 1.807) is 37.4 Å². The second kappa shape index (κ2) is 15.5. The van der Waals surface area contributed by atoms with Crippen molar-refractivity contribution in [3.8, 4) is 39.5 Å². The van der Waals surface area contributed by atoms with E-state index in [0.29, 0.717) is 17.7 Å². The fourth-order valence-electron chi connectivity index (χ4n) is 5.81. The molecule has 7 aromatic rings. The molecule has 7 rings (SSSR count). The molecule has 0 aliphatic heterocycles. The molecule has 0 spiro atoms. The number of thiazole rings is 1. The molecule has 1 amide bonds. The van der Waals surface area contributed by atoms with Crippen LogP contribution in [0.5, 0.6) is 0 Å². The van der Waals surface area contributed by atoms with Gasteiger partial charge >= 0.3 is 5.97 Å². The lowest BCUT2D eigenvalue weighted by molar-refractivity contribution is 0.0526. The number of nitrogens with zero attached hydrogens (tertiary/aromatic N) is 3. The van der Waals surface area contributed by atoms with E-state index in [1.165, 1.54) is 16.9 Å². The normalized spacial score (nSPS) is 11.0. The zero-order chi connectivity index (χ0) is 35.9. The summed E-state index contributed by atoms with van der Waals surface area (Å²) in [5.74, 6) is -0.698. The van der Waals surface area contributed by atoms with Crippen LogP contribution in [0.1, 0.15) is 38.8 Å². The van der Waals surface area contributed by atoms with Crippen LogP contribution in [-0.2, 0) is 4.74 Å². The Kier molecular flexibility index (Phi) is 10.1. The van der Waals surface area contributed by atoms with Gasteiger partial charge in [-0.3, -0.25) is 4.79 Å². The van der Waals surface area contributed by atoms with E-state index in [2.05, 4.69) is 45.5 Å². The van der Waals surface area contributed by atoms with Gasteiger partial charge in [0.2, 0.25) is 0 Å². The zero-order valence-electron chi connectivity index (χ0n) is 28.6. The van der Waals surface area contributed by atoms with Gasteiger partial charge in [0.1, 0.15) is 0 Å². The molecule has 0 unspecified atom stereocenters. The van der Waals surface area contributed by atoms with Gasteiger partial charge in [-0.25, -0.2) is 15.2 Å². The van der Waals surface area contributed by atoms with Gasteiger partial charge in [-0.2, -0.15) is 5.10 Å². The molecule has 0 saturated heterocycles. The summed E-state index contributed by atoms with van der Waals surface area (Å²) in [4.78, 5) is 30.4. The Hall–Kier alpha value is -6.58. The Balaban J connectivity index is 1.15. The standard InChI is InChI=1S/C43H35N5O3S/c1-3-51-42(50)34-20-24-37(25-21-34)48-39(31-10-6-4-7-11-31)26-35(40(48)32-12-8-5-9-13-32)27-44-47-41(49)33-18-16-30(17-19-33)38-28-52-43(46-38)45-36-22-14-29(2)15-23-36/h4-28H,3H2,1-2H3,(H,45,46)(H,47,49)/b44-27-. The molecule has 0 bridgehead atoms. The highest BCUT2D eigenvalue weighted by Gasteiger charge is 2.19. The number of esters is 1. The third-order valence-corrected chi connectivity index (χ3v) is 9.16. The molecule has 0 fully saturated rings. The summed E-state index contributed by atoms with van der Waals surface area (Å²) in [6.07, 6.45) is 1.67. The first-order valence-corrected chi connectivity index (χ1v) is 17.7.